The molecule has 144 valence electrons. The van der Waals surface area contributed by atoms with Crippen LogP contribution in [0.3, 0.4) is 0 Å². The maximum atomic E-state index is 11.5. The molecule has 0 saturated carbocycles. The second kappa shape index (κ2) is 13.6. The predicted molar refractivity (Wildman–Crippen MR) is 98.9 cm³/mol. The van der Waals surface area contributed by atoms with Gasteiger partial charge in [-0.15, -0.1) is 13.1 Å². The van der Waals surface area contributed by atoms with Crippen LogP contribution < -0.4 is 18.9 Å². The number of nitro benzene ring substituents is 1. The van der Waals surface area contributed by atoms with Crippen molar-refractivity contribution < 1.29 is 38.4 Å². The molecule has 0 unspecified atom stereocenters. The van der Waals surface area contributed by atoms with E-state index in [1.165, 1.54) is 17.0 Å². The van der Waals surface area contributed by atoms with E-state index in [0.717, 1.165) is 0 Å². The number of carbonyl (C=O) groups is 1. The summed E-state index contributed by atoms with van der Waals surface area (Å²) in [7, 11) is 0. The van der Waals surface area contributed by atoms with E-state index >= 15 is 0 Å². The molecule has 0 fully saturated rings. The number of aliphatic hydroxyl groups is 1. The Kier molecular flexibility index (Phi) is 13.9. The zero-order valence-electron chi connectivity index (χ0n) is 15.9. The van der Waals surface area contributed by atoms with Gasteiger partial charge in [0.05, 0.1) is 0 Å². The summed E-state index contributed by atoms with van der Waals surface area (Å²) in [5.41, 5.74) is -0.685. The maximum absolute atomic E-state index is 11.5. The first-order valence-electron chi connectivity index (χ1n) is 7.51. The number of aliphatic hydroxyl groups excluding tert-OH is 1. The quantitative estimate of drug-likeness (QED) is 0.308. The molecule has 0 aliphatic carbocycles. The van der Waals surface area contributed by atoms with Crippen molar-refractivity contribution in [1.82, 2.24) is 4.90 Å². The summed E-state index contributed by atoms with van der Waals surface area (Å²) in [6.45, 7) is 9.66. The van der Waals surface area contributed by atoms with Crippen LogP contribution in [-0.2, 0) is 4.74 Å². The van der Waals surface area contributed by atoms with E-state index in [1.54, 1.807) is 12.5 Å². The largest absolute Gasteiger partial charge is 1.00 e. The summed E-state index contributed by atoms with van der Waals surface area (Å²) in [5, 5.41) is 27.4. The fourth-order valence-electron chi connectivity index (χ4n) is 1.49. The van der Waals surface area contributed by atoms with Gasteiger partial charge in [-0.05, 0) is 20.8 Å². The van der Waals surface area contributed by atoms with E-state index in [9.17, 15) is 14.9 Å². The van der Waals surface area contributed by atoms with Gasteiger partial charge >= 0.3 is 25.0 Å². The first-order valence-corrected chi connectivity index (χ1v) is 8.30. The minimum Gasteiger partial charge on any atom is -0.444 e. The molecule has 0 aliphatic rings. The van der Waals surface area contributed by atoms with Crippen LogP contribution in [0.2, 0.25) is 0 Å². The third kappa shape index (κ3) is 11.7. The van der Waals surface area contributed by atoms with Gasteiger partial charge in [0, 0.05) is 16.6 Å². The van der Waals surface area contributed by atoms with Gasteiger partial charge in [0.15, 0.2) is 5.69 Å². The van der Waals surface area contributed by atoms with E-state index in [4.69, 9.17) is 15.1 Å². The molecule has 0 saturated heterocycles. The molecule has 0 aliphatic heterocycles. The van der Waals surface area contributed by atoms with Gasteiger partial charge in [-0.2, -0.15) is 12.1 Å². The minimum absolute atomic E-state index is 0. The number of halogens is 1. The Labute approximate surface area is 179 Å². The van der Waals surface area contributed by atoms with Gasteiger partial charge in [-0.25, -0.2) is 10.1 Å². The molecule has 0 bridgehead atoms. The van der Waals surface area contributed by atoms with Crippen molar-refractivity contribution in [1.29, 1.82) is 5.26 Å². The van der Waals surface area contributed by atoms with Crippen molar-refractivity contribution >= 4 is 27.7 Å². The third-order valence-electron chi connectivity index (χ3n) is 2.61. The number of hydrogen-bond donors (Lipinski definition) is 1. The van der Waals surface area contributed by atoms with Crippen molar-refractivity contribution in [3.63, 3.8) is 0 Å². The van der Waals surface area contributed by atoms with Crippen LogP contribution in [0.25, 0.3) is 0 Å². The Hall–Kier alpha value is -1.58. The Morgan fingerprint density at radius 2 is 2.19 bits per heavy atom. The van der Waals surface area contributed by atoms with Gasteiger partial charge in [0.2, 0.25) is 0 Å². The third-order valence-corrected chi connectivity index (χ3v) is 3.07. The number of ether oxygens (including phenoxy) is 1. The molecule has 0 spiro atoms. The molecule has 1 aromatic carbocycles. The molecule has 1 rings (SSSR count). The van der Waals surface area contributed by atoms with Crippen molar-refractivity contribution in [2.45, 2.75) is 26.4 Å². The number of nitriles is 1. The summed E-state index contributed by atoms with van der Waals surface area (Å²) in [5.74, 6) is 0. The van der Waals surface area contributed by atoms with E-state index in [1.807, 2.05) is 20.8 Å². The van der Waals surface area contributed by atoms with Crippen LogP contribution in [0.5, 0.6) is 0 Å². The number of rotatable bonds is 5. The summed E-state index contributed by atoms with van der Waals surface area (Å²) >= 11 is 3.02. The molecule has 10 heteroatoms. The molecule has 1 amide bonds. The Morgan fingerprint density at radius 1 is 1.59 bits per heavy atom. The number of nitrogens with zero attached hydrogens (tertiary/aromatic N) is 3. The van der Waals surface area contributed by atoms with Crippen LogP contribution in [0.15, 0.2) is 16.6 Å². The molecule has 1 aromatic rings. The zero-order chi connectivity index (χ0) is 20.3. The van der Waals surface area contributed by atoms with E-state index < -0.39 is 16.6 Å². The summed E-state index contributed by atoms with van der Waals surface area (Å²) in [6, 6.07) is 6.87. The van der Waals surface area contributed by atoms with Gasteiger partial charge in [0.1, 0.15) is 5.60 Å². The Balaban J connectivity index is 0. The SMILES string of the molecule is N#Cc1c[c-]c(Br)cc1[N+](=O)[O-].[CH2-]CN(C[CH-]CO)C(=O)OC(C)(C)C.[Li+]. The van der Waals surface area contributed by atoms with Crippen molar-refractivity contribution in [3.05, 3.63) is 51.7 Å². The topological polar surface area (TPSA) is 117 Å². The zero-order valence-corrected chi connectivity index (χ0v) is 17.4. The average Bonchev–Trinajstić information content (AvgIpc) is 2.54. The van der Waals surface area contributed by atoms with Gasteiger partial charge < -0.3 is 21.7 Å². The molecule has 0 aromatic heterocycles. The maximum Gasteiger partial charge on any atom is 1.00 e. The smallest absolute Gasteiger partial charge is 0.444 e. The number of amides is 1. The first kappa shape index (κ1) is 27.6. The van der Waals surface area contributed by atoms with Gasteiger partial charge in [-0.1, -0.05) is 33.1 Å². The summed E-state index contributed by atoms with van der Waals surface area (Å²) < 4.78 is 5.60. The predicted octanol–water partition coefficient (Wildman–Crippen LogP) is 0.287. The fourth-order valence-corrected chi connectivity index (χ4v) is 1.82. The molecule has 1 N–H and O–H groups in total. The number of hydrogen-bond acceptors (Lipinski definition) is 6. The number of benzene rings is 1. The van der Waals surface area contributed by atoms with Crippen LogP contribution in [-0.4, -0.2) is 46.3 Å². The van der Waals surface area contributed by atoms with Crippen LogP contribution >= 0.6 is 15.9 Å². The number of carbonyl (C=O) groups excluding carboxylic acids is 1. The van der Waals surface area contributed by atoms with Crippen molar-refractivity contribution in [3.8, 4) is 6.07 Å². The molecule has 0 heterocycles. The van der Waals surface area contributed by atoms with Crippen molar-refractivity contribution in [2.24, 2.45) is 0 Å². The van der Waals surface area contributed by atoms with E-state index in [-0.39, 0.29) is 36.7 Å². The number of nitro groups is 1. The molecule has 0 atom stereocenters. The van der Waals surface area contributed by atoms with E-state index in [0.29, 0.717) is 17.6 Å². The fraction of sp³-hybridized carbons (Fsp3) is 0.412. The van der Waals surface area contributed by atoms with Gasteiger partial charge in [-0.3, -0.25) is 16.5 Å². The second-order valence-electron chi connectivity index (χ2n) is 5.85. The molecular formula is C17H21BrLiN3O5-2. The Bertz CT molecular complexity index is 659. The van der Waals surface area contributed by atoms with Crippen molar-refractivity contribution in [2.75, 3.05) is 19.7 Å². The molecule has 8 nitrogen and oxygen atoms in total. The van der Waals surface area contributed by atoms with Crippen LogP contribution in [0.4, 0.5) is 10.5 Å². The van der Waals surface area contributed by atoms with E-state index in [2.05, 4.69) is 28.9 Å². The Morgan fingerprint density at radius 3 is 2.59 bits per heavy atom. The monoisotopic (exact) mass is 433 g/mol. The standard InChI is InChI=1S/C10H19NO3.C7H2BrN2O2.Li/c1-5-11(7-6-8-12)9(13)14-10(2,3)4;8-6-2-1-5(4-9)7(3-6)10(11)12;/h6,12H,1,5,7-8H2,2-4H3;1,3H;/q-2;-1;+1. The molecular weight excluding hydrogens is 413 g/mol. The molecule has 0 radical (unpaired) electrons. The molecule has 27 heavy (non-hydrogen) atoms. The minimum atomic E-state index is -0.600. The van der Waals surface area contributed by atoms with Crippen LogP contribution in [0, 0.1) is 40.9 Å². The average molecular weight is 434 g/mol. The second-order valence-corrected chi connectivity index (χ2v) is 6.70. The van der Waals surface area contributed by atoms with Gasteiger partial charge in [0.25, 0.3) is 0 Å². The normalized spacial score (nSPS) is 9.81. The summed E-state index contributed by atoms with van der Waals surface area (Å²) in [4.78, 5) is 22.6. The van der Waals surface area contributed by atoms with Crippen LogP contribution in [0.1, 0.15) is 26.3 Å². The first-order chi connectivity index (χ1) is 12.1. The summed E-state index contributed by atoms with van der Waals surface area (Å²) in [6.07, 6.45) is 1.17.